The third kappa shape index (κ3) is 10.9. The minimum atomic E-state index is -1.40. The average Bonchev–Trinajstić information content (AvgIpc) is 2.92. The van der Waals surface area contributed by atoms with Crippen molar-refractivity contribution >= 4 is 29.5 Å². The summed E-state index contributed by atoms with van der Waals surface area (Å²) in [5.74, 6) is -2.17. The topological polar surface area (TPSA) is 151 Å². The van der Waals surface area contributed by atoms with Crippen LogP contribution in [0.5, 0.6) is 5.75 Å². The maximum absolute atomic E-state index is 14.3. The second-order valence-electron chi connectivity index (χ2n) is 12.3. The lowest BCUT2D eigenvalue weighted by atomic mass is 9.97. The van der Waals surface area contributed by atoms with Crippen LogP contribution in [-0.2, 0) is 19.1 Å². The number of nitrogens with one attached hydrogen (secondary N) is 2. The van der Waals surface area contributed by atoms with Gasteiger partial charge in [-0.1, -0.05) is 75.4 Å². The number of ether oxygens (including phenoxy) is 1. The molecule has 10 nitrogen and oxygen atoms in total. The molecule has 0 saturated carbocycles. The highest BCUT2D eigenvalue weighted by Gasteiger charge is 2.38. The van der Waals surface area contributed by atoms with Crippen molar-refractivity contribution in [3.8, 4) is 5.75 Å². The van der Waals surface area contributed by atoms with Crippen LogP contribution in [0.3, 0.4) is 0 Å². The first-order valence-electron chi connectivity index (χ1n) is 15.4. The Kier molecular flexibility index (Phi) is 13.7. The van der Waals surface area contributed by atoms with Gasteiger partial charge in [0.15, 0.2) is 0 Å². The zero-order valence-electron chi connectivity index (χ0n) is 27.3. The van der Waals surface area contributed by atoms with Gasteiger partial charge in [0.25, 0.3) is 5.91 Å². The highest BCUT2D eigenvalue weighted by Crippen LogP contribution is 2.34. The van der Waals surface area contributed by atoms with Gasteiger partial charge in [0.1, 0.15) is 23.4 Å². The summed E-state index contributed by atoms with van der Waals surface area (Å²) in [4.78, 5) is 54.8. The lowest BCUT2D eigenvalue weighted by Gasteiger charge is -2.35. The van der Waals surface area contributed by atoms with Crippen molar-refractivity contribution in [3.05, 3.63) is 58.7 Å². The molecule has 2 unspecified atom stereocenters. The second-order valence-corrected chi connectivity index (χ2v) is 12.3. The molecule has 0 aliphatic heterocycles. The lowest BCUT2D eigenvalue weighted by Crippen LogP contribution is -2.53. The fourth-order valence-electron chi connectivity index (χ4n) is 5.04. The summed E-state index contributed by atoms with van der Waals surface area (Å²) >= 11 is 0. The molecule has 2 aromatic carbocycles. The van der Waals surface area contributed by atoms with Gasteiger partial charge in [-0.25, -0.2) is 4.79 Å². The van der Waals surface area contributed by atoms with Crippen molar-refractivity contribution < 1.29 is 29.0 Å². The number of nitrogens with zero attached hydrogens (tertiary/aromatic N) is 1. The fourth-order valence-corrected chi connectivity index (χ4v) is 5.04. The Morgan fingerprint density at radius 1 is 0.909 bits per heavy atom. The van der Waals surface area contributed by atoms with Crippen LogP contribution in [0.25, 0.3) is 0 Å². The van der Waals surface area contributed by atoms with Gasteiger partial charge in [0.05, 0.1) is 6.42 Å². The first-order chi connectivity index (χ1) is 20.7. The molecular formula is C34H50N4O6. The molecule has 5 N–H and O–H groups in total. The van der Waals surface area contributed by atoms with Gasteiger partial charge in [0, 0.05) is 17.8 Å². The Labute approximate surface area is 261 Å². The molecule has 2 atom stereocenters. The van der Waals surface area contributed by atoms with E-state index in [2.05, 4.69) is 17.6 Å². The number of nitrogens with two attached hydrogens (primary N) is 1. The SMILES string of the molecule is CCCCCCCCN(C(=O)C(CC(N)=O)NC(=O)OC(C)(C)C)C(C(=O)Nc1c(C)cccc1C)c1cccc(C)c1O. The standard InChI is InChI=1S/C34H50N4O6/c1-8-9-10-11-12-13-20-38(32(42)26(21-27(35)39)36-33(43)44-34(5,6)7)29(25-19-15-18-24(4)30(25)40)31(41)37-28-22(2)16-14-17-23(28)3/h14-19,26,29,40H,8-13,20-21H2,1-7H3,(H2,35,39)(H,36,43)(H,37,41). The number of anilines is 1. The van der Waals surface area contributed by atoms with E-state index in [4.69, 9.17) is 10.5 Å². The van der Waals surface area contributed by atoms with Crippen LogP contribution in [0.4, 0.5) is 10.5 Å². The number of aryl methyl sites for hydroxylation is 3. The van der Waals surface area contributed by atoms with Crippen LogP contribution in [0.15, 0.2) is 36.4 Å². The summed E-state index contributed by atoms with van der Waals surface area (Å²) in [5, 5.41) is 16.6. The third-order valence-corrected chi connectivity index (χ3v) is 7.28. The highest BCUT2D eigenvalue weighted by atomic mass is 16.6. The van der Waals surface area contributed by atoms with Gasteiger partial charge in [-0.05, 0) is 64.7 Å². The summed E-state index contributed by atoms with van der Waals surface area (Å²) in [6.45, 7) is 12.7. The van der Waals surface area contributed by atoms with Crippen LogP contribution in [0.1, 0.15) is 101 Å². The van der Waals surface area contributed by atoms with Crippen molar-refractivity contribution in [3.63, 3.8) is 0 Å². The number of carbonyl (C=O) groups excluding carboxylic acids is 4. The van der Waals surface area contributed by atoms with Crippen molar-refractivity contribution in [2.24, 2.45) is 5.73 Å². The van der Waals surface area contributed by atoms with E-state index in [1.807, 2.05) is 32.0 Å². The molecule has 4 amide bonds. The number of carbonyl (C=O) groups is 4. The molecular weight excluding hydrogens is 560 g/mol. The van der Waals surface area contributed by atoms with E-state index in [1.165, 1.54) is 4.90 Å². The van der Waals surface area contributed by atoms with Crippen LogP contribution >= 0.6 is 0 Å². The second kappa shape index (κ2) is 16.7. The van der Waals surface area contributed by atoms with Gasteiger partial charge >= 0.3 is 6.09 Å². The third-order valence-electron chi connectivity index (χ3n) is 7.28. The largest absolute Gasteiger partial charge is 0.507 e. The number of phenols is 1. The maximum Gasteiger partial charge on any atom is 0.408 e. The normalized spacial score (nSPS) is 12.6. The quantitative estimate of drug-likeness (QED) is 0.183. The van der Waals surface area contributed by atoms with Crippen molar-refractivity contribution in [1.82, 2.24) is 10.2 Å². The molecule has 242 valence electrons. The molecule has 10 heteroatoms. The van der Waals surface area contributed by atoms with Crippen molar-refractivity contribution in [2.45, 2.75) is 111 Å². The Morgan fingerprint density at radius 3 is 2.07 bits per heavy atom. The summed E-state index contributed by atoms with van der Waals surface area (Å²) in [6.07, 6.45) is 4.14. The van der Waals surface area contributed by atoms with Crippen LogP contribution in [0.2, 0.25) is 0 Å². The number of primary amides is 1. The molecule has 0 aromatic heterocycles. The molecule has 0 aliphatic rings. The molecule has 2 aromatic rings. The highest BCUT2D eigenvalue weighted by molar-refractivity contribution is 6.01. The number of phenolic OH excluding ortho intramolecular Hbond substituents is 1. The number of benzene rings is 2. The Morgan fingerprint density at radius 2 is 1.48 bits per heavy atom. The van der Waals surface area contributed by atoms with E-state index in [0.717, 1.165) is 43.2 Å². The summed E-state index contributed by atoms with van der Waals surface area (Å²) < 4.78 is 5.36. The number of aromatic hydroxyl groups is 1. The molecule has 0 aliphatic carbocycles. The molecule has 0 spiro atoms. The predicted molar refractivity (Wildman–Crippen MR) is 172 cm³/mol. The average molecular weight is 611 g/mol. The number of alkyl carbamates (subject to hydrolysis) is 1. The Hall–Kier alpha value is -4.08. The lowest BCUT2D eigenvalue weighted by molar-refractivity contribution is -0.142. The number of amides is 4. The van der Waals surface area contributed by atoms with E-state index >= 15 is 0 Å². The monoisotopic (exact) mass is 610 g/mol. The Bertz CT molecular complexity index is 1280. The molecule has 0 heterocycles. The predicted octanol–water partition coefficient (Wildman–Crippen LogP) is 5.96. The van der Waals surface area contributed by atoms with E-state index < -0.39 is 47.9 Å². The van der Waals surface area contributed by atoms with E-state index in [9.17, 15) is 24.3 Å². The molecule has 0 fully saturated rings. The van der Waals surface area contributed by atoms with Gasteiger partial charge in [-0.3, -0.25) is 14.4 Å². The van der Waals surface area contributed by atoms with Crippen LogP contribution < -0.4 is 16.4 Å². The van der Waals surface area contributed by atoms with Crippen LogP contribution in [0, 0.1) is 20.8 Å². The number of rotatable bonds is 15. The molecule has 0 saturated heterocycles. The van der Waals surface area contributed by atoms with E-state index in [1.54, 1.807) is 45.9 Å². The summed E-state index contributed by atoms with van der Waals surface area (Å²) in [6, 6.07) is 7.95. The number of para-hydroxylation sites is 2. The molecule has 0 radical (unpaired) electrons. The van der Waals surface area contributed by atoms with Gasteiger partial charge in [0.2, 0.25) is 11.8 Å². The number of hydrogen-bond acceptors (Lipinski definition) is 6. The number of unbranched alkanes of at least 4 members (excludes halogenated alkanes) is 5. The number of hydrogen-bond donors (Lipinski definition) is 4. The van der Waals surface area contributed by atoms with Crippen LogP contribution in [-0.4, -0.2) is 52.0 Å². The summed E-state index contributed by atoms with van der Waals surface area (Å²) in [5.41, 5.74) is 7.66. The molecule has 2 rings (SSSR count). The first kappa shape index (κ1) is 36.1. The van der Waals surface area contributed by atoms with Crippen molar-refractivity contribution in [2.75, 3.05) is 11.9 Å². The Balaban J connectivity index is 2.62. The molecule has 0 bridgehead atoms. The van der Waals surface area contributed by atoms with E-state index in [-0.39, 0.29) is 17.9 Å². The minimum absolute atomic E-state index is 0.124. The fraction of sp³-hybridized carbons (Fsp3) is 0.529. The van der Waals surface area contributed by atoms with Gasteiger partial charge < -0.3 is 31.1 Å². The van der Waals surface area contributed by atoms with Gasteiger partial charge in [-0.2, -0.15) is 0 Å². The maximum atomic E-state index is 14.3. The minimum Gasteiger partial charge on any atom is -0.507 e. The summed E-state index contributed by atoms with van der Waals surface area (Å²) in [7, 11) is 0. The zero-order valence-corrected chi connectivity index (χ0v) is 27.3. The van der Waals surface area contributed by atoms with Crippen molar-refractivity contribution in [1.29, 1.82) is 0 Å². The van der Waals surface area contributed by atoms with E-state index in [0.29, 0.717) is 17.7 Å². The zero-order chi connectivity index (χ0) is 33.0. The molecule has 44 heavy (non-hydrogen) atoms. The smallest absolute Gasteiger partial charge is 0.408 e. The van der Waals surface area contributed by atoms with Gasteiger partial charge in [-0.15, -0.1) is 0 Å². The first-order valence-corrected chi connectivity index (χ1v) is 15.4.